The summed E-state index contributed by atoms with van der Waals surface area (Å²) in [6, 6.07) is 16.3. The summed E-state index contributed by atoms with van der Waals surface area (Å²) in [6.07, 6.45) is 0. The van der Waals surface area contributed by atoms with Crippen molar-refractivity contribution in [2.45, 2.75) is 25.1 Å². The molecule has 2 aromatic carbocycles. The van der Waals surface area contributed by atoms with Crippen molar-refractivity contribution in [2.75, 3.05) is 0 Å². The van der Waals surface area contributed by atoms with Crippen molar-refractivity contribution < 1.29 is 5.11 Å². The van der Waals surface area contributed by atoms with Crippen LogP contribution in [0, 0.1) is 3.57 Å². The Kier molecular flexibility index (Phi) is 3.37. The van der Waals surface area contributed by atoms with Crippen LogP contribution in [0.4, 0.5) is 0 Å². The molecule has 2 N–H and O–H groups in total. The number of nitrogens with one attached hydrogen (secondary N) is 1. The number of halogens is 1. The molecule has 1 aliphatic rings. The van der Waals surface area contributed by atoms with Crippen molar-refractivity contribution in [3.05, 3.63) is 68.8 Å². The summed E-state index contributed by atoms with van der Waals surface area (Å²) >= 11 is 2.28. The van der Waals surface area contributed by atoms with E-state index >= 15 is 0 Å². The summed E-state index contributed by atoms with van der Waals surface area (Å²) in [4.78, 5) is 0. The lowest BCUT2D eigenvalue weighted by atomic mass is 9.84. The predicted octanol–water partition coefficient (Wildman–Crippen LogP) is 3.34. The standard InChI is InChI=1S/C16H16INO/c1-16(19,12-6-8-13(17)9-7-12)15-14-5-3-2-4-11(14)10-18-15/h2-9,15,18-19H,10H2,1H3. The number of fused-ring (bicyclic) bond motifs is 1. The number of rotatable bonds is 2. The largest absolute Gasteiger partial charge is 0.383 e. The number of hydrogen-bond acceptors (Lipinski definition) is 2. The number of aliphatic hydroxyl groups is 1. The van der Waals surface area contributed by atoms with Gasteiger partial charge in [-0.25, -0.2) is 0 Å². The highest BCUT2D eigenvalue weighted by Crippen LogP contribution is 2.39. The Morgan fingerprint density at radius 1 is 1.16 bits per heavy atom. The summed E-state index contributed by atoms with van der Waals surface area (Å²) in [5.41, 5.74) is 2.52. The highest BCUT2D eigenvalue weighted by molar-refractivity contribution is 14.1. The van der Waals surface area contributed by atoms with Gasteiger partial charge in [-0.2, -0.15) is 0 Å². The lowest BCUT2D eigenvalue weighted by molar-refractivity contribution is 0.0177. The summed E-state index contributed by atoms with van der Waals surface area (Å²) in [6.45, 7) is 2.70. The van der Waals surface area contributed by atoms with Gasteiger partial charge in [-0.05, 0) is 58.3 Å². The molecule has 2 nitrogen and oxygen atoms in total. The van der Waals surface area contributed by atoms with Crippen LogP contribution < -0.4 is 5.32 Å². The van der Waals surface area contributed by atoms with Crippen LogP contribution in [0.5, 0.6) is 0 Å². The molecule has 1 heterocycles. The van der Waals surface area contributed by atoms with Crippen LogP contribution >= 0.6 is 22.6 Å². The first-order valence-corrected chi connectivity index (χ1v) is 7.46. The molecular formula is C16H16INO. The molecule has 19 heavy (non-hydrogen) atoms. The fourth-order valence-electron chi connectivity index (χ4n) is 2.75. The van der Waals surface area contributed by atoms with E-state index in [1.54, 1.807) is 0 Å². The van der Waals surface area contributed by atoms with Gasteiger partial charge in [0.1, 0.15) is 5.60 Å². The molecule has 0 amide bonds. The summed E-state index contributed by atoms with van der Waals surface area (Å²) in [5, 5.41) is 14.4. The minimum Gasteiger partial charge on any atom is -0.383 e. The van der Waals surface area contributed by atoms with Gasteiger partial charge < -0.3 is 10.4 Å². The Balaban J connectivity index is 2.00. The van der Waals surface area contributed by atoms with Crippen molar-refractivity contribution in [1.82, 2.24) is 5.32 Å². The van der Waals surface area contributed by atoms with Gasteiger partial charge in [-0.15, -0.1) is 0 Å². The van der Waals surface area contributed by atoms with E-state index in [1.807, 2.05) is 43.3 Å². The fraction of sp³-hybridized carbons (Fsp3) is 0.250. The van der Waals surface area contributed by atoms with Gasteiger partial charge in [0.25, 0.3) is 0 Å². The van der Waals surface area contributed by atoms with E-state index in [0.29, 0.717) is 0 Å². The second kappa shape index (κ2) is 4.89. The maximum Gasteiger partial charge on any atom is 0.106 e. The molecule has 0 bridgehead atoms. The van der Waals surface area contributed by atoms with E-state index in [0.717, 1.165) is 12.1 Å². The van der Waals surface area contributed by atoms with Gasteiger partial charge in [0.15, 0.2) is 0 Å². The Morgan fingerprint density at radius 2 is 1.84 bits per heavy atom. The van der Waals surface area contributed by atoms with Crippen LogP contribution in [0.1, 0.15) is 29.7 Å². The predicted molar refractivity (Wildman–Crippen MR) is 84.8 cm³/mol. The van der Waals surface area contributed by atoms with E-state index in [9.17, 15) is 5.11 Å². The van der Waals surface area contributed by atoms with E-state index in [-0.39, 0.29) is 6.04 Å². The van der Waals surface area contributed by atoms with Crippen molar-refractivity contribution in [2.24, 2.45) is 0 Å². The van der Waals surface area contributed by atoms with Crippen molar-refractivity contribution in [3.8, 4) is 0 Å². The Hall–Kier alpha value is -0.910. The van der Waals surface area contributed by atoms with Gasteiger partial charge in [-0.3, -0.25) is 0 Å². The van der Waals surface area contributed by atoms with Crippen molar-refractivity contribution in [3.63, 3.8) is 0 Å². The van der Waals surface area contributed by atoms with Gasteiger partial charge in [-0.1, -0.05) is 36.4 Å². The van der Waals surface area contributed by atoms with Gasteiger partial charge >= 0.3 is 0 Å². The molecule has 1 aliphatic heterocycles. The normalized spacial score (nSPS) is 20.9. The second-order valence-corrected chi connectivity index (χ2v) is 6.41. The molecule has 2 unspecified atom stereocenters. The zero-order chi connectivity index (χ0) is 13.5. The van der Waals surface area contributed by atoms with Crippen LogP contribution in [0.3, 0.4) is 0 Å². The number of hydrogen-bond donors (Lipinski definition) is 2. The maximum absolute atomic E-state index is 11.0. The Labute approximate surface area is 127 Å². The van der Waals surface area contributed by atoms with E-state index in [1.165, 1.54) is 14.7 Å². The minimum absolute atomic E-state index is 0.0521. The Bertz CT molecular complexity index is 592. The van der Waals surface area contributed by atoms with Crippen molar-refractivity contribution in [1.29, 1.82) is 0 Å². The molecule has 0 aliphatic carbocycles. The maximum atomic E-state index is 11.0. The van der Waals surface area contributed by atoms with Gasteiger partial charge in [0.05, 0.1) is 6.04 Å². The molecule has 0 spiro atoms. The molecule has 0 radical (unpaired) electrons. The zero-order valence-corrected chi connectivity index (χ0v) is 12.9. The van der Waals surface area contributed by atoms with Crippen LogP contribution in [0.2, 0.25) is 0 Å². The van der Waals surface area contributed by atoms with Crippen LogP contribution in [-0.4, -0.2) is 5.11 Å². The molecule has 3 rings (SSSR count). The third kappa shape index (κ3) is 2.30. The lowest BCUT2D eigenvalue weighted by Gasteiger charge is -2.31. The fourth-order valence-corrected chi connectivity index (χ4v) is 3.11. The molecule has 2 aromatic rings. The van der Waals surface area contributed by atoms with Crippen LogP contribution in [0.25, 0.3) is 0 Å². The van der Waals surface area contributed by atoms with Gasteiger partial charge in [0, 0.05) is 10.1 Å². The summed E-state index contributed by atoms with van der Waals surface area (Å²) in [5.74, 6) is 0. The molecule has 0 saturated heterocycles. The van der Waals surface area contributed by atoms with E-state index < -0.39 is 5.60 Å². The third-order valence-electron chi connectivity index (χ3n) is 3.85. The molecule has 0 saturated carbocycles. The summed E-state index contributed by atoms with van der Waals surface area (Å²) < 4.78 is 1.18. The zero-order valence-electron chi connectivity index (χ0n) is 10.7. The molecule has 0 fully saturated rings. The highest BCUT2D eigenvalue weighted by atomic mass is 127. The second-order valence-electron chi connectivity index (χ2n) is 5.17. The first-order valence-electron chi connectivity index (χ1n) is 6.38. The Morgan fingerprint density at radius 3 is 2.58 bits per heavy atom. The summed E-state index contributed by atoms with van der Waals surface area (Å²) in [7, 11) is 0. The molecule has 0 aromatic heterocycles. The van der Waals surface area contributed by atoms with E-state index in [2.05, 4.69) is 40.0 Å². The monoisotopic (exact) mass is 365 g/mol. The third-order valence-corrected chi connectivity index (χ3v) is 4.57. The average molecular weight is 365 g/mol. The number of benzene rings is 2. The topological polar surface area (TPSA) is 32.3 Å². The first-order chi connectivity index (χ1) is 9.09. The van der Waals surface area contributed by atoms with Crippen LogP contribution in [-0.2, 0) is 12.1 Å². The van der Waals surface area contributed by atoms with Crippen LogP contribution in [0.15, 0.2) is 48.5 Å². The first kappa shape index (κ1) is 13.1. The highest BCUT2D eigenvalue weighted by Gasteiger charge is 2.38. The lowest BCUT2D eigenvalue weighted by Crippen LogP contribution is -2.35. The smallest absolute Gasteiger partial charge is 0.106 e. The quantitative estimate of drug-likeness (QED) is 0.801. The van der Waals surface area contributed by atoms with E-state index in [4.69, 9.17) is 0 Å². The average Bonchev–Trinajstić information content (AvgIpc) is 2.83. The molecule has 3 heteroatoms. The SMILES string of the molecule is CC(O)(c1ccc(I)cc1)C1NCc2ccccc21. The molecule has 98 valence electrons. The van der Waals surface area contributed by atoms with Crippen molar-refractivity contribution >= 4 is 22.6 Å². The van der Waals surface area contributed by atoms with Gasteiger partial charge in [0.2, 0.25) is 0 Å². The molecular weight excluding hydrogens is 349 g/mol. The molecule has 2 atom stereocenters. The minimum atomic E-state index is -0.906.